The molecule has 0 aromatic carbocycles. The maximum Gasteiger partial charge on any atom is 0.0125 e. The molecule has 4 heterocycles. The lowest BCUT2D eigenvalue weighted by Crippen LogP contribution is -2.44. The second-order valence-electron chi connectivity index (χ2n) is 16.9. The molecule has 0 radical (unpaired) electrons. The van der Waals surface area contributed by atoms with Crippen LogP contribution in [-0.4, -0.2) is 94.1 Å². The van der Waals surface area contributed by atoms with E-state index in [0.29, 0.717) is 22.2 Å². The molecular weight excluding hydrogens is 512 g/mol. The summed E-state index contributed by atoms with van der Waals surface area (Å²) < 4.78 is 0. The van der Waals surface area contributed by atoms with Crippen molar-refractivity contribution in [3.63, 3.8) is 0 Å². The Morgan fingerprint density at radius 3 is 0.500 bits per heavy atom. The van der Waals surface area contributed by atoms with Gasteiger partial charge in [0.25, 0.3) is 0 Å². The van der Waals surface area contributed by atoms with Crippen LogP contribution in [0, 0.1) is 0 Å². The summed E-state index contributed by atoms with van der Waals surface area (Å²) >= 11 is 0. The summed E-state index contributed by atoms with van der Waals surface area (Å²) in [6.07, 6.45) is 16.9. The van der Waals surface area contributed by atoms with Crippen LogP contribution in [0.3, 0.4) is 0 Å². The smallest absolute Gasteiger partial charge is 0.0125 e. The monoisotopic (exact) mass is 595 g/mol. The number of likely N-dealkylation sites (tertiary alicyclic amines) is 4. The van der Waals surface area contributed by atoms with E-state index in [1.54, 1.807) is 0 Å². The first kappa shape index (κ1) is 41.8. The van der Waals surface area contributed by atoms with Crippen LogP contribution in [0.5, 0.6) is 0 Å². The predicted octanol–water partition coefficient (Wildman–Crippen LogP) is 10.1. The van der Waals surface area contributed by atoms with Crippen LogP contribution in [0.4, 0.5) is 0 Å². The molecule has 0 aromatic rings. The maximum absolute atomic E-state index is 2.61. The summed E-state index contributed by atoms with van der Waals surface area (Å²) in [5.74, 6) is 0. The summed E-state index contributed by atoms with van der Waals surface area (Å²) in [5.41, 5.74) is 1.61. The number of hydrogen-bond donors (Lipinski definition) is 0. The molecule has 4 nitrogen and oxygen atoms in total. The molecule has 0 unspecified atom stereocenters. The van der Waals surface area contributed by atoms with Crippen molar-refractivity contribution in [2.45, 2.75) is 196 Å². The number of rotatable bonds is 0. The SMILES string of the molecule is CC.CC(C)(C)N1CCCC1.CC(C)(C)N1CCCCC1.CC(C)(C)N1CCCCC1.CC(C)(C)N1CCCCCC1. The highest BCUT2D eigenvalue weighted by molar-refractivity contribution is 4.81. The first-order chi connectivity index (χ1) is 19.4. The highest BCUT2D eigenvalue weighted by atomic mass is 15.2. The minimum atomic E-state index is 0.393. The van der Waals surface area contributed by atoms with Gasteiger partial charge in [-0.2, -0.15) is 0 Å². The van der Waals surface area contributed by atoms with Gasteiger partial charge in [0.15, 0.2) is 0 Å². The number of nitrogens with zero attached hydrogens (tertiary/aromatic N) is 4. The molecule has 4 aliphatic rings. The summed E-state index contributed by atoms with van der Waals surface area (Å²) in [5, 5.41) is 0. The average Bonchev–Trinajstić information content (AvgIpc) is 3.34. The fraction of sp³-hybridized carbons (Fsp3) is 1.00. The topological polar surface area (TPSA) is 13.0 Å². The molecule has 4 aliphatic heterocycles. The standard InChI is InChI=1S/C10H21N.2C9H19N.C8H17N.C2H6/c1-10(2,3)11-8-6-4-5-7-9-11;2*1-9(2,3)10-7-5-4-6-8-10;1-8(2,3)9-6-4-5-7-9;1-2/h4-9H2,1-3H3;2*4-8H2,1-3H3;4-7H2,1-3H3;1-2H3. The van der Waals surface area contributed by atoms with E-state index in [0.717, 1.165) is 0 Å². The van der Waals surface area contributed by atoms with Gasteiger partial charge >= 0.3 is 0 Å². The van der Waals surface area contributed by atoms with Gasteiger partial charge in [-0.1, -0.05) is 39.5 Å². The predicted molar refractivity (Wildman–Crippen MR) is 192 cm³/mol. The van der Waals surface area contributed by atoms with Crippen molar-refractivity contribution in [2.24, 2.45) is 0 Å². The molecule has 0 aromatic heterocycles. The Kier molecular flexibility index (Phi) is 20.7. The third-order valence-corrected chi connectivity index (χ3v) is 9.22. The van der Waals surface area contributed by atoms with Crippen LogP contribution in [0.1, 0.15) is 174 Å². The van der Waals surface area contributed by atoms with E-state index in [2.05, 4.69) is 103 Å². The Morgan fingerprint density at radius 1 is 0.238 bits per heavy atom. The van der Waals surface area contributed by atoms with Gasteiger partial charge in [0.1, 0.15) is 0 Å². The molecule has 0 N–H and O–H groups in total. The molecule has 0 spiro atoms. The zero-order valence-electron chi connectivity index (χ0n) is 31.9. The van der Waals surface area contributed by atoms with Crippen molar-refractivity contribution >= 4 is 0 Å². The largest absolute Gasteiger partial charge is 0.298 e. The van der Waals surface area contributed by atoms with E-state index < -0.39 is 0 Å². The lowest BCUT2D eigenvalue weighted by molar-refractivity contribution is 0.110. The van der Waals surface area contributed by atoms with Gasteiger partial charge < -0.3 is 0 Å². The zero-order valence-corrected chi connectivity index (χ0v) is 31.9. The lowest BCUT2D eigenvalue weighted by Gasteiger charge is -2.38. The molecule has 0 atom stereocenters. The summed E-state index contributed by atoms with van der Waals surface area (Å²) in [7, 11) is 0. The second kappa shape index (κ2) is 20.8. The highest BCUT2D eigenvalue weighted by Gasteiger charge is 2.24. The van der Waals surface area contributed by atoms with E-state index in [4.69, 9.17) is 0 Å². The Bertz CT molecular complexity index is 577. The van der Waals surface area contributed by atoms with Gasteiger partial charge in [-0.05, 0) is 187 Å². The highest BCUT2D eigenvalue weighted by Crippen LogP contribution is 2.21. The number of piperidine rings is 2. The van der Waals surface area contributed by atoms with E-state index in [-0.39, 0.29) is 0 Å². The van der Waals surface area contributed by atoms with E-state index in [1.165, 1.54) is 129 Å². The van der Waals surface area contributed by atoms with Gasteiger partial charge in [-0.15, -0.1) is 0 Å². The van der Waals surface area contributed by atoms with E-state index in [1.807, 2.05) is 13.8 Å². The van der Waals surface area contributed by atoms with E-state index in [9.17, 15) is 0 Å². The van der Waals surface area contributed by atoms with Crippen molar-refractivity contribution in [3.05, 3.63) is 0 Å². The van der Waals surface area contributed by atoms with Crippen molar-refractivity contribution < 1.29 is 0 Å². The van der Waals surface area contributed by atoms with Crippen LogP contribution >= 0.6 is 0 Å². The normalized spacial score (nSPS) is 22.1. The molecule has 0 aliphatic carbocycles. The molecule has 4 fully saturated rings. The average molecular weight is 595 g/mol. The minimum Gasteiger partial charge on any atom is -0.298 e. The second-order valence-corrected chi connectivity index (χ2v) is 16.9. The van der Waals surface area contributed by atoms with Crippen molar-refractivity contribution in [1.82, 2.24) is 19.6 Å². The van der Waals surface area contributed by atoms with Crippen molar-refractivity contribution in [3.8, 4) is 0 Å². The summed E-state index contributed by atoms with van der Waals surface area (Å²) in [4.78, 5) is 10.3. The van der Waals surface area contributed by atoms with Crippen LogP contribution in [0.2, 0.25) is 0 Å². The Morgan fingerprint density at radius 2 is 0.357 bits per heavy atom. The van der Waals surface area contributed by atoms with Crippen LogP contribution in [0.15, 0.2) is 0 Å². The Hall–Kier alpha value is -0.160. The molecule has 0 amide bonds. The Balaban J connectivity index is 0.000000524. The van der Waals surface area contributed by atoms with Gasteiger partial charge in [-0.25, -0.2) is 0 Å². The molecule has 0 bridgehead atoms. The van der Waals surface area contributed by atoms with Crippen molar-refractivity contribution in [2.75, 3.05) is 52.4 Å². The van der Waals surface area contributed by atoms with E-state index >= 15 is 0 Å². The molecule has 4 rings (SSSR count). The van der Waals surface area contributed by atoms with Crippen LogP contribution in [0.25, 0.3) is 0 Å². The maximum atomic E-state index is 2.61. The molecule has 42 heavy (non-hydrogen) atoms. The van der Waals surface area contributed by atoms with Crippen molar-refractivity contribution in [1.29, 1.82) is 0 Å². The van der Waals surface area contributed by atoms with Crippen LogP contribution in [-0.2, 0) is 0 Å². The fourth-order valence-corrected chi connectivity index (χ4v) is 6.26. The third kappa shape index (κ3) is 19.3. The molecule has 4 saturated heterocycles. The van der Waals surface area contributed by atoms with Gasteiger partial charge in [-0.3, -0.25) is 19.6 Å². The first-order valence-electron chi connectivity index (χ1n) is 18.4. The number of hydrogen-bond acceptors (Lipinski definition) is 4. The quantitative estimate of drug-likeness (QED) is 0.277. The molecule has 254 valence electrons. The van der Waals surface area contributed by atoms with Gasteiger partial charge in [0, 0.05) is 22.2 Å². The summed E-state index contributed by atoms with van der Waals surface area (Å²) in [6.45, 7) is 42.1. The molecular formula is C38H82N4. The molecule has 4 heteroatoms. The minimum absolute atomic E-state index is 0.393. The summed E-state index contributed by atoms with van der Waals surface area (Å²) in [6, 6.07) is 0. The zero-order chi connectivity index (χ0) is 32.5. The lowest BCUT2D eigenvalue weighted by atomic mass is 10.0. The van der Waals surface area contributed by atoms with Crippen LogP contribution < -0.4 is 0 Å². The fourth-order valence-electron chi connectivity index (χ4n) is 6.26. The Labute approximate surface area is 267 Å². The first-order valence-corrected chi connectivity index (χ1v) is 18.4. The van der Waals surface area contributed by atoms with Gasteiger partial charge in [0.05, 0.1) is 0 Å². The third-order valence-electron chi connectivity index (χ3n) is 9.22. The van der Waals surface area contributed by atoms with Gasteiger partial charge in [0.2, 0.25) is 0 Å². The molecule has 0 saturated carbocycles.